The van der Waals surface area contributed by atoms with Crippen molar-refractivity contribution >= 4 is 40.0 Å². The summed E-state index contributed by atoms with van der Waals surface area (Å²) in [6.45, 7) is 1.94. The molecule has 1 aromatic carbocycles. The van der Waals surface area contributed by atoms with E-state index in [9.17, 15) is 9.59 Å². The number of nitrogens with one attached hydrogen (secondary N) is 2. The maximum atomic E-state index is 13.1. The Kier molecular flexibility index (Phi) is 4.85. The zero-order valence-electron chi connectivity index (χ0n) is 16.4. The molecule has 4 aromatic rings. The van der Waals surface area contributed by atoms with Gasteiger partial charge in [-0.15, -0.1) is 0 Å². The van der Waals surface area contributed by atoms with Crippen molar-refractivity contribution in [2.75, 3.05) is 16.4 Å². The number of ketones is 1. The highest BCUT2D eigenvalue weighted by Crippen LogP contribution is 2.25. The summed E-state index contributed by atoms with van der Waals surface area (Å²) in [5.41, 5.74) is 9.28. The van der Waals surface area contributed by atoms with E-state index in [1.165, 1.54) is 18.7 Å². The first-order chi connectivity index (χ1) is 14.4. The molecule has 0 spiro atoms. The number of rotatable bonds is 4. The smallest absolute Gasteiger partial charge is 0.323 e. The predicted molar refractivity (Wildman–Crippen MR) is 114 cm³/mol. The number of hydrogen-bond donors (Lipinski definition) is 3. The summed E-state index contributed by atoms with van der Waals surface area (Å²) in [5, 5.41) is 5.93. The van der Waals surface area contributed by atoms with E-state index in [4.69, 9.17) is 5.73 Å². The molecule has 2 amide bonds. The number of nitrogen functional groups attached to an aromatic ring is 1. The summed E-state index contributed by atoms with van der Waals surface area (Å²) in [5.74, 6) is -0.0685. The molecule has 0 radical (unpaired) electrons. The zero-order chi connectivity index (χ0) is 21.3. The molecular weight excluding hydrogens is 382 g/mol. The van der Waals surface area contributed by atoms with Crippen LogP contribution in [0.25, 0.3) is 11.0 Å². The highest BCUT2D eigenvalue weighted by atomic mass is 16.2. The van der Waals surface area contributed by atoms with Crippen LogP contribution in [0.4, 0.5) is 22.0 Å². The van der Waals surface area contributed by atoms with Gasteiger partial charge in [0.15, 0.2) is 5.78 Å². The third kappa shape index (κ3) is 3.68. The lowest BCUT2D eigenvalue weighted by Crippen LogP contribution is -2.19. The van der Waals surface area contributed by atoms with Gasteiger partial charge in [0.25, 0.3) is 0 Å². The van der Waals surface area contributed by atoms with Crippen LogP contribution in [0.2, 0.25) is 0 Å². The number of aromatic nitrogens is 4. The Morgan fingerprint density at radius 2 is 1.87 bits per heavy atom. The Balaban J connectivity index is 1.58. The van der Waals surface area contributed by atoms with Crippen LogP contribution in [0.5, 0.6) is 0 Å². The second kappa shape index (κ2) is 7.63. The van der Waals surface area contributed by atoms with Crippen molar-refractivity contribution in [3.8, 4) is 0 Å². The standard InChI is InChI=1S/C21H19N7O2/c1-12-4-3-5-14(6-12)26-21(30)27-15-7-13(8-23-9-15)18(29)16-10-28(2)20-17(16)19(22)24-11-25-20/h3-11H,1-2H3,(H2,22,24,25)(H2,26,27,30). The van der Waals surface area contributed by atoms with Gasteiger partial charge in [0.1, 0.15) is 17.8 Å². The Bertz CT molecular complexity index is 1280. The van der Waals surface area contributed by atoms with Crippen molar-refractivity contribution in [2.24, 2.45) is 7.05 Å². The number of fused-ring (bicyclic) bond motifs is 1. The summed E-state index contributed by atoms with van der Waals surface area (Å²) in [7, 11) is 1.78. The minimum absolute atomic E-state index is 0.226. The minimum atomic E-state index is -0.435. The lowest BCUT2D eigenvalue weighted by Gasteiger charge is -2.09. The van der Waals surface area contributed by atoms with E-state index in [-0.39, 0.29) is 11.6 Å². The molecule has 0 saturated heterocycles. The molecule has 0 aliphatic heterocycles. The van der Waals surface area contributed by atoms with E-state index in [1.807, 2.05) is 25.1 Å². The molecule has 0 unspecified atom stereocenters. The van der Waals surface area contributed by atoms with Crippen molar-refractivity contribution in [1.29, 1.82) is 0 Å². The Labute approximate surface area is 172 Å². The topological polar surface area (TPSA) is 128 Å². The number of pyridine rings is 1. The molecule has 30 heavy (non-hydrogen) atoms. The van der Waals surface area contributed by atoms with Gasteiger partial charge in [-0.1, -0.05) is 12.1 Å². The van der Waals surface area contributed by atoms with Crippen LogP contribution < -0.4 is 16.4 Å². The average Bonchev–Trinajstić information content (AvgIpc) is 3.05. The molecule has 150 valence electrons. The number of hydrogen-bond acceptors (Lipinski definition) is 6. The second-order valence-electron chi connectivity index (χ2n) is 6.85. The van der Waals surface area contributed by atoms with Crippen molar-refractivity contribution in [3.63, 3.8) is 0 Å². The Morgan fingerprint density at radius 1 is 1.07 bits per heavy atom. The van der Waals surface area contributed by atoms with E-state index >= 15 is 0 Å². The number of nitrogens with two attached hydrogens (primary N) is 1. The van der Waals surface area contributed by atoms with Gasteiger partial charge < -0.3 is 20.9 Å². The molecule has 0 aliphatic carbocycles. The Hall–Kier alpha value is -4.27. The maximum Gasteiger partial charge on any atom is 0.323 e. The molecule has 0 aliphatic rings. The molecule has 0 atom stereocenters. The van der Waals surface area contributed by atoms with E-state index in [2.05, 4.69) is 25.6 Å². The summed E-state index contributed by atoms with van der Waals surface area (Å²) >= 11 is 0. The lowest BCUT2D eigenvalue weighted by atomic mass is 10.1. The number of carbonyl (C=O) groups excluding carboxylic acids is 2. The first kappa shape index (κ1) is 19.1. The SMILES string of the molecule is Cc1cccc(NC(=O)Nc2cncc(C(=O)c3cn(C)c4ncnc(N)c34)c2)c1. The van der Waals surface area contributed by atoms with Crippen LogP contribution in [-0.2, 0) is 7.05 Å². The molecule has 0 bridgehead atoms. The molecule has 4 rings (SSSR count). The van der Waals surface area contributed by atoms with Gasteiger partial charge in [0.2, 0.25) is 0 Å². The quantitative estimate of drug-likeness (QED) is 0.451. The molecule has 9 heteroatoms. The molecule has 3 heterocycles. The van der Waals surface area contributed by atoms with Crippen LogP contribution in [0, 0.1) is 6.92 Å². The van der Waals surface area contributed by atoms with Gasteiger partial charge in [-0.25, -0.2) is 14.8 Å². The number of amides is 2. The molecule has 0 fully saturated rings. The van der Waals surface area contributed by atoms with E-state index < -0.39 is 6.03 Å². The fraction of sp³-hybridized carbons (Fsp3) is 0.0952. The zero-order valence-corrected chi connectivity index (χ0v) is 16.4. The van der Waals surface area contributed by atoms with Gasteiger partial charge in [-0.2, -0.15) is 0 Å². The Morgan fingerprint density at radius 3 is 2.67 bits per heavy atom. The van der Waals surface area contributed by atoms with Crippen molar-refractivity contribution in [3.05, 3.63) is 71.9 Å². The normalized spacial score (nSPS) is 10.7. The third-order valence-electron chi connectivity index (χ3n) is 4.56. The minimum Gasteiger partial charge on any atom is -0.383 e. The van der Waals surface area contributed by atoms with Crippen LogP contribution >= 0.6 is 0 Å². The van der Waals surface area contributed by atoms with E-state index in [1.54, 1.807) is 29.9 Å². The summed E-state index contributed by atoms with van der Waals surface area (Å²) < 4.78 is 1.71. The molecule has 9 nitrogen and oxygen atoms in total. The first-order valence-corrected chi connectivity index (χ1v) is 9.12. The second-order valence-corrected chi connectivity index (χ2v) is 6.85. The van der Waals surface area contributed by atoms with Crippen molar-refractivity contribution in [2.45, 2.75) is 6.92 Å². The number of nitrogens with zero attached hydrogens (tertiary/aromatic N) is 4. The van der Waals surface area contributed by atoms with E-state index in [0.717, 1.165) is 5.56 Å². The van der Waals surface area contributed by atoms with Crippen LogP contribution in [0.1, 0.15) is 21.5 Å². The van der Waals surface area contributed by atoms with Crippen LogP contribution in [0.15, 0.2) is 55.2 Å². The van der Waals surface area contributed by atoms with Gasteiger partial charge in [0.05, 0.1) is 22.8 Å². The fourth-order valence-corrected chi connectivity index (χ4v) is 3.21. The monoisotopic (exact) mass is 401 g/mol. The van der Waals surface area contributed by atoms with E-state index in [0.29, 0.717) is 33.5 Å². The highest BCUT2D eigenvalue weighted by Gasteiger charge is 2.20. The number of carbonyl (C=O) groups is 2. The first-order valence-electron chi connectivity index (χ1n) is 9.12. The van der Waals surface area contributed by atoms with Crippen LogP contribution in [0.3, 0.4) is 0 Å². The predicted octanol–water partition coefficient (Wildman–Crippen LogP) is 3.13. The largest absolute Gasteiger partial charge is 0.383 e. The van der Waals surface area contributed by atoms with Crippen molar-refractivity contribution in [1.82, 2.24) is 19.5 Å². The van der Waals surface area contributed by atoms with Gasteiger partial charge in [-0.3, -0.25) is 9.78 Å². The van der Waals surface area contributed by atoms with Gasteiger partial charge >= 0.3 is 6.03 Å². The highest BCUT2D eigenvalue weighted by molar-refractivity contribution is 6.18. The third-order valence-corrected chi connectivity index (χ3v) is 4.56. The number of benzene rings is 1. The summed E-state index contributed by atoms with van der Waals surface area (Å²) in [4.78, 5) is 37.6. The summed E-state index contributed by atoms with van der Waals surface area (Å²) in [6.07, 6.45) is 5.91. The van der Waals surface area contributed by atoms with Crippen molar-refractivity contribution < 1.29 is 9.59 Å². The molecule has 4 N–H and O–H groups in total. The van der Waals surface area contributed by atoms with Crippen LogP contribution in [-0.4, -0.2) is 31.3 Å². The van der Waals surface area contributed by atoms with Gasteiger partial charge in [-0.05, 0) is 30.7 Å². The molecule has 3 aromatic heterocycles. The summed E-state index contributed by atoms with van der Waals surface area (Å²) in [6, 6.07) is 8.56. The lowest BCUT2D eigenvalue weighted by molar-refractivity contribution is 0.103. The maximum absolute atomic E-state index is 13.1. The molecular formula is C21H19N7O2. The van der Waals surface area contributed by atoms with Gasteiger partial charge in [0, 0.05) is 30.7 Å². The number of aryl methyl sites for hydroxylation is 2. The number of anilines is 3. The fourth-order valence-electron chi connectivity index (χ4n) is 3.21. The molecule has 0 saturated carbocycles. The average molecular weight is 401 g/mol. The number of urea groups is 1.